The zero-order valence-corrected chi connectivity index (χ0v) is 12.6. The molecule has 1 aromatic rings. The van der Waals surface area contributed by atoms with Crippen LogP contribution in [0.1, 0.15) is 18.4 Å². The number of carbonyl (C=O) groups excluding carboxylic acids is 1. The molecule has 1 amide bonds. The fourth-order valence-corrected chi connectivity index (χ4v) is 2.77. The molecule has 1 saturated heterocycles. The maximum Gasteiger partial charge on any atom is 0.238 e. The Morgan fingerprint density at radius 1 is 1.38 bits per heavy atom. The lowest BCUT2D eigenvalue weighted by Crippen LogP contribution is -2.44. The summed E-state index contributed by atoms with van der Waals surface area (Å²) in [5.41, 5.74) is 3.39. The quantitative estimate of drug-likeness (QED) is 0.479. The molecule has 3 N–H and O–H groups in total. The van der Waals surface area contributed by atoms with Crippen LogP contribution in [-0.4, -0.2) is 38.1 Å². The van der Waals surface area contributed by atoms with Gasteiger partial charge >= 0.3 is 0 Å². The summed E-state index contributed by atoms with van der Waals surface area (Å²) in [5, 5.41) is 0. The summed E-state index contributed by atoms with van der Waals surface area (Å²) in [4.78, 5) is 13.9. The van der Waals surface area contributed by atoms with E-state index >= 15 is 0 Å². The minimum absolute atomic E-state index is 0.0242. The number of carbonyl (C=O) groups is 1. The van der Waals surface area contributed by atoms with Crippen molar-refractivity contribution in [1.29, 1.82) is 0 Å². The second-order valence-electron chi connectivity index (χ2n) is 5.27. The van der Waals surface area contributed by atoms with Crippen molar-refractivity contribution in [3.63, 3.8) is 0 Å². The van der Waals surface area contributed by atoms with E-state index in [0.29, 0.717) is 0 Å². The van der Waals surface area contributed by atoms with E-state index < -0.39 is 0 Å². The van der Waals surface area contributed by atoms with E-state index in [2.05, 4.69) is 10.3 Å². The zero-order chi connectivity index (χ0) is 15.2. The van der Waals surface area contributed by atoms with Crippen molar-refractivity contribution in [3.05, 3.63) is 23.8 Å². The Bertz CT molecular complexity index is 493. The number of benzene rings is 1. The highest BCUT2D eigenvalue weighted by molar-refractivity contribution is 5.78. The summed E-state index contributed by atoms with van der Waals surface area (Å²) < 4.78 is 10.6. The predicted octanol–water partition coefficient (Wildman–Crippen LogP) is 0.906. The summed E-state index contributed by atoms with van der Waals surface area (Å²) in [6, 6.07) is 5.90. The van der Waals surface area contributed by atoms with Crippen LogP contribution in [0.4, 0.5) is 0 Å². The van der Waals surface area contributed by atoms with Gasteiger partial charge in [-0.1, -0.05) is 6.07 Å². The molecule has 1 unspecified atom stereocenters. The third kappa shape index (κ3) is 3.86. The number of hydrogen-bond acceptors (Lipinski definition) is 5. The number of nitrogens with two attached hydrogens (primary N) is 1. The summed E-state index contributed by atoms with van der Waals surface area (Å²) in [6.45, 7) is 2.51. The average molecular weight is 293 g/mol. The van der Waals surface area contributed by atoms with E-state index in [1.54, 1.807) is 14.2 Å². The SMILES string of the molecule is COc1ccc(CN2CCCC(C(=O)NN)C2)cc1OC. The van der Waals surface area contributed by atoms with Crippen LogP contribution in [0.25, 0.3) is 0 Å². The molecule has 1 atom stereocenters. The van der Waals surface area contributed by atoms with Gasteiger partial charge in [-0.05, 0) is 37.1 Å². The summed E-state index contributed by atoms with van der Waals surface area (Å²) in [7, 11) is 3.25. The third-order valence-electron chi connectivity index (χ3n) is 3.87. The van der Waals surface area contributed by atoms with Gasteiger partial charge in [0.15, 0.2) is 11.5 Å². The number of likely N-dealkylation sites (tertiary alicyclic amines) is 1. The number of hydrazine groups is 1. The Kier molecular flexibility index (Phi) is 5.41. The van der Waals surface area contributed by atoms with Crippen LogP contribution in [0.2, 0.25) is 0 Å². The van der Waals surface area contributed by atoms with E-state index in [-0.39, 0.29) is 11.8 Å². The van der Waals surface area contributed by atoms with E-state index in [9.17, 15) is 4.79 Å². The fourth-order valence-electron chi connectivity index (χ4n) is 2.77. The summed E-state index contributed by atoms with van der Waals surface area (Å²) in [5.74, 6) is 6.57. The molecular weight excluding hydrogens is 270 g/mol. The van der Waals surface area contributed by atoms with Crippen molar-refractivity contribution in [3.8, 4) is 11.5 Å². The molecule has 1 fully saturated rings. The normalized spacial score (nSPS) is 19.1. The molecule has 6 nitrogen and oxygen atoms in total. The molecule has 1 aliphatic rings. The van der Waals surface area contributed by atoms with Crippen molar-refractivity contribution in [2.75, 3.05) is 27.3 Å². The topological polar surface area (TPSA) is 76.8 Å². The van der Waals surface area contributed by atoms with Gasteiger partial charge in [-0.25, -0.2) is 5.84 Å². The number of rotatable bonds is 5. The highest BCUT2D eigenvalue weighted by Crippen LogP contribution is 2.28. The molecule has 0 spiro atoms. The lowest BCUT2D eigenvalue weighted by Gasteiger charge is -2.31. The van der Waals surface area contributed by atoms with Gasteiger partial charge < -0.3 is 9.47 Å². The molecule has 2 rings (SSSR count). The molecule has 1 aromatic carbocycles. The first-order chi connectivity index (χ1) is 10.2. The number of piperidine rings is 1. The van der Waals surface area contributed by atoms with Crippen LogP contribution in [0.3, 0.4) is 0 Å². The van der Waals surface area contributed by atoms with E-state index in [1.807, 2.05) is 18.2 Å². The average Bonchev–Trinajstić information content (AvgIpc) is 2.54. The monoisotopic (exact) mass is 293 g/mol. The number of ether oxygens (including phenoxy) is 2. The van der Waals surface area contributed by atoms with Crippen LogP contribution in [0.5, 0.6) is 11.5 Å². The van der Waals surface area contributed by atoms with Crippen molar-refractivity contribution in [1.82, 2.24) is 10.3 Å². The van der Waals surface area contributed by atoms with Gasteiger partial charge in [-0.2, -0.15) is 0 Å². The third-order valence-corrected chi connectivity index (χ3v) is 3.87. The van der Waals surface area contributed by atoms with E-state index in [4.69, 9.17) is 15.3 Å². The minimum Gasteiger partial charge on any atom is -0.493 e. The molecular formula is C15H23N3O3. The van der Waals surface area contributed by atoms with Gasteiger partial charge in [0.1, 0.15) is 0 Å². The number of nitrogens with zero attached hydrogens (tertiary/aromatic N) is 1. The number of methoxy groups -OCH3 is 2. The van der Waals surface area contributed by atoms with Crippen LogP contribution in [-0.2, 0) is 11.3 Å². The van der Waals surface area contributed by atoms with Crippen LogP contribution in [0.15, 0.2) is 18.2 Å². The second-order valence-corrected chi connectivity index (χ2v) is 5.27. The first kappa shape index (κ1) is 15.6. The Hall–Kier alpha value is -1.79. The number of hydrogen-bond donors (Lipinski definition) is 2. The molecule has 0 aliphatic carbocycles. The first-order valence-electron chi connectivity index (χ1n) is 7.11. The smallest absolute Gasteiger partial charge is 0.238 e. The van der Waals surface area contributed by atoms with Crippen molar-refractivity contribution in [2.24, 2.45) is 11.8 Å². The number of amides is 1. The molecule has 0 bridgehead atoms. The van der Waals surface area contributed by atoms with Gasteiger partial charge in [0.2, 0.25) is 5.91 Å². The second kappa shape index (κ2) is 7.28. The highest BCUT2D eigenvalue weighted by Gasteiger charge is 2.25. The summed E-state index contributed by atoms with van der Waals surface area (Å²) >= 11 is 0. The zero-order valence-electron chi connectivity index (χ0n) is 12.6. The predicted molar refractivity (Wildman–Crippen MR) is 79.9 cm³/mol. The Morgan fingerprint density at radius 3 is 2.81 bits per heavy atom. The van der Waals surface area contributed by atoms with Gasteiger partial charge in [0.05, 0.1) is 20.1 Å². The maximum atomic E-state index is 11.6. The standard InChI is InChI=1S/C15H23N3O3/c1-20-13-6-5-11(8-14(13)21-2)9-18-7-3-4-12(10-18)15(19)17-16/h5-6,8,12H,3-4,7,9-10,16H2,1-2H3,(H,17,19). The van der Waals surface area contributed by atoms with Gasteiger partial charge in [0, 0.05) is 13.1 Å². The largest absolute Gasteiger partial charge is 0.493 e. The maximum absolute atomic E-state index is 11.6. The van der Waals surface area contributed by atoms with Gasteiger partial charge in [-0.15, -0.1) is 0 Å². The van der Waals surface area contributed by atoms with Gasteiger partial charge in [-0.3, -0.25) is 15.1 Å². The van der Waals surface area contributed by atoms with Crippen LogP contribution >= 0.6 is 0 Å². The molecule has 1 heterocycles. The molecule has 0 aromatic heterocycles. The van der Waals surface area contributed by atoms with Crippen LogP contribution < -0.4 is 20.7 Å². The Labute approximate surface area is 125 Å². The van der Waals surface area contributed by atoms with E-state index in [1.165, 1.54) is 0 Å². The van der Waals surface area contributed by atoms with Gasteiger partial charge in [0.25, 0.3) is 0 Å². The number of nitrogens with one attached hydrogen (secondary N) is 1. The molecule has 6 heteroatoms. The Balaban J connectivity index is 2.02. The molecule has 21 heavy (non-hydrogen) atoms. The molecule has 0 saturated carbocycles. The summed E-state index contributed by atoms with van der Waals surface area (Å²) in [6.07, 6.45) is 1.90. The lowest BCUT2D eigenvalue weighted by atomic mass is 9.97. The molecule has 116 valence electrons. The highest BCUT2D eigenvalue weighted by atomic mass is 16.5. The van der Waals surface area contributed by atoms with Crippen LogP contribution in [0, 0.1) is 5.92 Å². The fraction of sp³-hybridized carbons (Fsp3) is 0.533. The minimum atomic E-state index is -0.0768. The molecule has 1 aliphatic heterocycles. The van der Waals surface area contributed by atoms with Crippen molar-refractivity contribution in [2.45, 2.75) is 19.4 Å². The molecule has 0 radical (unpaired) electrons. The lowest BCUT2D eigenvalue weighted by molar-refractivity contribution is -0.126. The first-order valence-corrected chi connectivity index (χ1v) is 7.11. The van der Waals surface area contributed by atoms with Crippen molar-refractivity contribution >= 4 is 5.91 Å². The Morgan fingerprint density at radius 2 is 2.14 bits per heavy atom. The van der Waals surface area contributed by atoms with Crippen molar-refractivity contribution < 1.29 is 14.3 Å². The van der Waals surface area contributed by atoms with E-state index in [0.717, 1.165) is 49.5 Å².